The minimum absolute atomic E-state index is 0.579. The Balaban J connectivity index is 1.83. The number of fused-ring (bicyclic) bond motifs is 2. The lowest BCUT2D eigenvalue weighted by Crippen LogP contribution is -2.43. The minimum Gasteiger partial charge on any atom is -0.378 e. The van der Waals surface area contributed by atoms with Crippen LogP contribution in [0.4, 0.5) is 0 Å². The quantitative estimate of drug-likeness (QED) is 0.693. The van der Waals surface area contributed by atoms with E-state index in [1.807, 2.05) is 0 Å². The van der Waals surface area contributed by atoms with Crippen molar-refractivity contribution in [2.45, 2.75) is 64.6 Å². The van der Waals surface area contributed by atoms with E-state index < -0.39 is 0 Å². The van der Waals surface area contributed by atoms with E-state index in [2.05, 4.69) is 25.7 Å². The Labute approximate surface area is 94.0 Å². The molecular formula is C13H25NO. The van der Waals surface area contributed by atoms with Crippen molar-refractivity contribution in [1.82, 2.24) is 4.90 Å². The molecule has 0 aromatic heterocycles. The van der Waals surface area contributed by atoms with Crippen molar-refractivity contribution in [2.75, 3.05) is 13.2 Å². The highest BCUT2D eigenvalue weighted by molar-refractivity contribution is 4.99. The fourth-order valence-electron chi connectivity index (χ4n) is 3.19. The van der Waals surface area contributed by atoms with Crippen LogP contribution < -0.4 is 0 Å². The monoisotopic (exact) mass is 211 g/mol. The second kappa shape index (κ2) is 4.84. The van der Waals surface area contributed by atoms with E-state index in [4.69, 9.17) is 4.74 Å². The maximum Gasteiger partial charge on any atom is 0.0631 e. The molecule has 2 bridgehead atoms. The maximum atomic E-state index is 5.92. The third-order valence-corrected chi connectivity index (χ3v) is 4.21. The summed E-state index contributed by atoms with van der Waals surface area (Å²) < 4.78 is 5.92. The predicted molar refractivity (Wildman–Crippen MR) is 63.0 cm³/mol. The molecule has 0 N–H and O–H groups in total. The molecule has 0 spiro atoms. The average Bonchev–Trinajstić information content (AvgIpc) is 2.84. The predicted octanol–water partition coefficient (Wildman–Crippen LogP) is 2.67. The first kappa shape index (κ1) is 11.4. The van der Waals surface area contributed by atoms with Crippen molar-refractivity contribution in [3.05, 3.63) is 0 Å². The highest BCUT2D eigenvalue weighted by Crippen LogP contribution is 2.40. The molecule has 0 aromatic carbocycles. The Hall–Kier alpha value is -0.0800. The normalized spacial score (nSPS) is 37.4. The lowest BCUT2D eigenvalue weighted by Gasteiger charge is -2.35. The number of hydrogen-bond acceptors (Lipinski definition) is 2. The molecule has 1 aliphatic heterocycles. The van der Waals surface area contributed by atoms with Crippen LogP contribution in [0.15, 0.2) is 0 Å². The maximum absolute atomic E-state index is 5.92. The molecule has 1 heterocycles. The SMILES string of the molecule is CCCO[C@@H]1C[C@@H]2C[C@H]1CN2[C@@H](C)CC. The van der Waals surface area contributed by atoms with Crippen molar-refractivity contribution in [1.29, 1.82) is 0 Å². The Morgan fingerprint density at radius 1 is 1.33 bits per heavy atom. The molecule has 0 aromatic rings. The van der Waals surface area contributed by atoms with Gasteiger partial charge >= 0.3 is 0 Å². The number of piperidine rings is 1. The minimum atomic E-state index is 0.579. The lowest BCUT2D eigenvalue weighted by atomic mass is 10.0. The molecule has 1 aliphatic carbocycles. The summed E-state index contributed by atoms with van der Waals surface area (Å²) in [6.07, 6.45) is 5.69. The number of ether oxygens (including phenoxy) is 1. The summed E-state index contributed by atoms with van der Waals surface area (Å²) in [6.45, 7) is 9.09. The van der Waals surface area contributed by atoms with E-state index in [9.17, 15) is 0 Å². The summed E-state index contributed by atoms with van der Waals surface area (Å²) in [4.78, 5) is 2.70. The third kappa shape index (κ3) is 2.21. The van der Waals surface area contributed by atoms with E-state index in [-0.39, 0.29) is 0 Å². The molecule has 88 valence electrons. The molecule has 2 fully saturated rings. The van der Waals surface area contributed by atoms with Crippen molar-refractivity contribution in [3.63, 3.8) is 0 Å². The van der Waals surface area contributed by atoms with Crippen LogP contribution in [0.2, 0.25) is 0 Å². The van der Waals surface area contributed by atoms with Crippen LogP contribution in [0.5, 0.6) is 0 Å². The van der Waals surface area contributed by atoms with E-state index in [0.29, 0.717) is 6.10 Å². The van der Waals surface area contributed by atoms with Gasteiger partial charge in [-0.05, 0) is 38.5 Å². The van der Waals surface area contributed by atoms with Crippen LogP contribution in [0, 0.1) is 5.92 Å². The van der Waals surface area contributed by atoms with Crippen molar-refractivity contribution in [2.24, 2.45) is 5.92 Å². The number of hydrogen-bond donors (Lipinski definition) is 0. The zero-order valence-electron chi connectivity index (χ0n) is 10.4. The van der Waals surface area contributed by atoms with Crippen LogP contribution >= 0.6 is 0 Å². The summed E-state index contributed by atoms with van der Waals surface area (Å²) in [7, 11) is 0. The van der Waals surface area contributed by atoms with Gasteiger partial charge in [-0.1, -0.05) is 13.8 Å². The van der Waals surface area contributed by atoms with Crippen LogP contribution in [-0.2, 0) is 4.74 Å². The highest BCUT2D eigenvalue weighted by Gasteiger charge is 2.45. The fourth-order valence-corrected chi connectivity index (χ4v) is 3.19. The Morgan fingerprint density at radius 2 is 2.13 bits per heavy atom. The molecular weight excluding hydrogens is 186 g/mol. The largest absolute Gasteiger partial charge is 0.378 e. The van der Waals surface area contributed by atoms with Crippen molar-refractivity contribution < 1.29 is 4.74 Å². The van der Waals surface area contributed by atoms with E-state index >= 15 is 0 Å². The summed E-state index contributed by atoms with van der Waals surface area (Å²) in [5, 5.41) is 0. The first-order chi connectivity index (χ1) is 7.26. The zero-order valence-corrected chi connectivity index (χ0v) is 10.4. The average molecular weight is 211 g/mol. The molecule has 1 saturated carbocycles. The zero-order chi connectivity index (χ0) is 10.8. The Kier molecular flexibility index (Phi) is 3.68. The number of nitrogens with zero attached hydrogens (tertiary/aromatic N) is 1. The first-order valence-corrected chi connectivity index (χ1v) is 6.63. The Morgan fingerprint density at radius 3 is 2.67 bits per heavy atom. The summed E-state index contributed by atoms with van der Waals surface area (Å²) in [5.74, 6) is 0.829. The van der Waals surface area contributed by atoms with Gasteiger partial charge in [0.15, 0.2) is 0 Å². The van der Waals surface area contributed by atoms with Crippen molar-refractivity contribution in [3.8, 4) is 0 Å². The van der Waals surface area contributed by atoms with E-state index in [0.717, 1.165) is 31.0 Å². The molecule has 2 aliphatic rings. The second-order valence-corrected chi connectivity index (χ2v) is 5.25. The molecule has 1 saturated heterocycles. The van der Waals surface area contributed by atoms with Crippen LogP contribution in [0.25, 0.3) is 0 Å². The van der Waals surface area contributed by atoms with Gasteiger partial charge in [-0.25, -0.2) is 0 Å². The van der Waals surface area contributed by atoms with Crippen molar-refractivity contribution >= 4 is 0 Å². The molecule has 0 radical (unpaired) electrons. The standard InChI is InChI=1S/C13H25NO/c1-4-6-15-13-8-12-7-11(13)9-14(12)10(3)5-2/h10-13H,4-9H2,1-3H3/t10-,11-,12-,13+/m0/s1. The summed E-state index contributed by atoms with van der Waals surface area (Å²) >= 11 is 0. The summed E-state index contributed by atoms with van der Waals surface area (Å²) in [5.41, 5.74) is 0. The molecule has 0 amide bonds. The number of likely N-dealkylation sites (tertiary alicyclic amines) is 1. The lowest BCUT2D eigenvalue weighted by molar-refractivity contribution is -0.00711. The highest BCUT2D eigenvalue weighted by atomic mass is 16.5. The van der Waals surface area contributed by atoms with Gasteiger partial charge in [0.25, 0.3) is 0 Å². The van der Waals surface area contributed by atoms with Gasteiger partial charge < -0.3 is 4.74 Å². The fraction of sp³-hybridized carbons (Fsp3) is 1.00. The second-order valence-electron chi connectivity index (χ2n) is 5.25. The van der Waals surface area contributed by atoms with Gasteiger partial charge in [0.1, 0.15) is 0 Å². The van der Waals surface area contributed by atoms with Gasteiger partial charge in [0.2, 0.25) is 0 Å². The van der Waals surface area contributed by atoms with Gasteiger partial charge in [-0.2, -0.15) is 0 Å². The van der Waals surface area contributed by atoms with E-state index in [1.54, 1.807) is 0 Å². The molecule has 4 atom stereocenters. The van der Waals surface area contributed by atoms with Gasteiger partial charge in [0.05, 0.1) is 6.10 Å². The molecule has 15 heavy (non-hydrogen) atoms. The van der Waals surface area contributed by atoms with Crippen LogP contribution in [0.1, 0.15) is 46.5 Å². The first-order valence-electron chi connectivity index (χ1n) is 6.63. The summed E-state index contributed by atoms with van der Waals surface area (Å²) in [6, 6.07) is 1.60. The Bertz CT molecular complexity index is 207. The van der Waals surface area contributed by atoms with Gasteiger partial charge in [-0.3, -0.25) is 4.90 Å². The van der Waals surface area contributed by atoms with Gasteiger partial charge in [-0.15, -0.1) is 0 Å². The third-order valence-electron chi connectivity index (χ3n) is 4.21. The molecule has 2 nitrogen and oxygen atoms in total. The van der Waals surface area contributed by atoms with Crippen LogP contribution in [-0.4, -0.2) is 36.2 Å². The van der Waals surface area contributed by atoms with Gasteiger partial charge in [0, 0.05) is 25.2 Å². The number of rotatable bonds is 5. The topological polar surface area (TPSA) is 12.5 Å². The molecule has 2 rings (SSSR count). The molecule has 2 heteroatoms. The van der Waals surface area contributed by atoms with E-state index in [1.165, 1.54) is 25.8 Å². The smallest absolute Gasteiger partial charge is 0.0631 e. The molecule has 0 unspecified atom stereocenters. The van der Waals surface area contributed by atoms with Crippen LogP contribution in [0.3, 0.4) is 0 Å².